The number of aromatic nitrogens is 1. The second kappa shape index (κ2) is 9.77. The third-order valence-corrected chi connectivity index (χ3v) is 6.11. The summed E-state index contributed by atoms with van der Waals surface area (Å²) in [5.74, 6) is -0.234. The van der Waals surface area contributed by atoms with Crippen LogP contribution in [0.5, 0.6) is 17.2 Å². The number of benzene rings is 1. The van der Waals surface area contributed by atoms with Crippen LogP contribution in [0.2, 0.25) is 0 Å². The number of hydrogen-bond acceptors (Lipinski definition) is 9. The van der Waals surface area contributed by atoms with E-state index in [1.54, 1.807) is 24.3 Å². The number of nitrogens with zero attached hydrogens (tertiary/aromatic N) is 3. The van der Waals surface area contributed by atoms with Crippen molar-refractivity contribution in [1.82, 2.24) is 15.4 Å². The summed E-state index contributed by atoms with van der Waals surface area (Å²) in [4.78, 5) is 30.1. The Labute approximate surface area is 202 Å². The Balaban J connectivity index is 1.89. The molecule has 1 aliphatic carbocycles. The lowest BCUT2D eigenvalue weighted by Gasteiger charge is -2.39. The van der Waals surface area contributed by atoms with Crippen LogP contribution in [0.1, 0.15) is 41.1 Å². The molecule has 1 aromatic carbocycles. The average Bonchev–Trinajstić information content (AvgIpc) is 2.89. The topological polar surface area (TPSA) is 140 Å². The maximum Gasteiger partial charge on any atom is 0.270 e. The number of carbonyl (C=O) groups excluding carboxylic acids is 2. The molecule has 4 rings (SSSR count). The van der Waals surface area contributed by atoms with E-state index in [0.29, 0.717) is 58.9 Å². The molecule has 2 heterocycles. The summed E-state index contributed by atoms with van der Waals surface area (Å²) in [5.41, 5.74) is 11.2. The summed E-state index contributed by atoms with van der Waals surface area (Å²) in [7, 11) is 4.46. The molecule has 0 spiro atoms. The number of hydrogen-bond donors (Lipinski definition) is 2. The molecular formula is C25H25N5O5. The van der Waals surface area contributed by atoms with Crippen LogP contribution in [-0.4, -0.2) is 43.0 Å². The third kappa shape index (κ3) is 4.01. The molecule has 2 aromatic rings. The van der Waals surface area contributed by atoms with Crippen molar-refractivity contribution >= 4 is 11.7 Å². The van der Waals surface area contributed by atoms with E-state index < -0.39 is 11.8 Å². The second-order valence-electron chi connectivity index (χ2n) is 7.92. The number of rotatable bonds is 6. The first kappa shape index (κ1) is 23.6. The summed E-state index contributed by atoms with van der Waals surface area (Å²) in [6, 6.07) is 8.69. The number of methoxy groups -OCH3 is 3. The average molecular weight is 476 g/mol. The quantitative estimate of drug-likeness (QED) is 0.645. The highest BCUT2D eigenvalue weighted by Crippen LogP contribution is 2.50. The van der Waals surface area contributed by atoms with Crippen molar-refractivity contribution in [3.05, 3.63) is 70.5 Å². The molecule has 1 amide bonds. The lowest BCUT2D eigenvalue weighted by molar-refractivity contribution is -0.116. The SMILES string of the molecule is COc1ccc(C2C(C#N)=C(N)N(NC(=O)c3ccncc3)C3=C2C(=O)CCC3)c(OC)c1OC. The molecule has 0 saturated carbocycles. The smallest absolute Gasteiger partial charge is 0.270 e. The molecule has 180 valence electrons. The Bertz CT molecular complexity index is 1280. The van der Waals surface area contributed by atoms with Gasteiger partial charge in [0.2, 0.25) is 5.75 Å². The monoisotopic (exact) mass is 475 g/mol. The molecule has 1 aromatic heterocycles. The molecule has 35 heavy (non-hydrogen) atoms. The zero-order valence-corrected chi connectivity index (χ0v) is 19.6. The predicted octanol–water partition coefficient (Wildman–Crippen LogP) is 2.55. The molecule has 3 N–H and O–H groups in total. The molecule has 0 radical (unpaired) electrons. The summed E-state index contributed by atoms with van der Waals surface area (Å²) in [6.07, 6.45) is 4.39. The van der Waals surface area contributed by atoms with Gasteiger partial charge in [0.25, 0.3) is 5.91 Å². The van der Waals surface area contributed by atoms with Gasteiger partial charge in [0, 0.05) is 41.2 Å². The van der Waals surface area contributed by atoms with E-state index in [4.69, 9.17) is 19.9 Å². The van der Waals surface area contributed by atoms with Gasteiger partial charge in [-0.05, 0) is 31.0 Å². The largest absolute Gasteiger partial charge is 0.493 e. The summed E-state index contributed by atoms with van der Waals surface area (Å²) in [5, 5.41) is 11.5. The molecule has 10 nitrogen and oxygen atoms in total. The Hall–Kier alpha value is -4.52. The van der Waals surface area contributed by atoms with Gasteiger partial charge in [0.1, 0.15) is 5.82 Å². The number of pyridine rings is 1. The van der Waals surface area contributed by atoms with Gasteiger partial charge in [0.05, 0.1) is 38.9 Å². The normalized spacial score (nSPS) is 17.5. The molecule has 0 saturated heterocycles. The van der Waals surface area contributed by atoms with Crippen LogP contribution in [0, 0.1) is 11.3 Å². The fourth-order valence-electron chi connectivity index (χ4n) is 4.55. The molecule has 0 fully saturated rings. The Kier molecular flexibility index (Phi) is 6.59. The first-order valence-corrected chi connectivity index (χ1v) is 10.9. The van der Waals surface area contributed by atoms with Crippen LogP contribution in [0.3, 0.4) is 0 Å². The van der Waals surface area contributed by atoms with Gasteiger partial charge in [-0.25, -0.2) is 5.01 Å². The van der Waals surface area contributed by atoms with E-state index in [9.17, 15) is 14.9 Å². The van der Waals surface area contributed by atoms with Crippen LogP contribution in [-0.2, 0) is 4.79 Å². The molecule has 1 atom stereocenters. The number of ketones is 1. The first-order chi connectivity index (χ1) is 17.0. The van der Waals surface area contributed by atoms with E-state index in [1.807, 2.05) is 0 Å². The van der Waals surface area contributed by atoms with Crippen molar-refractivity contribution in [2.75, 3.05) is 21.3 Å². The van der Waals surface area contributed by atoms with Gasteiger partial charge < -0.3 is 19.9 Å². The zero-order valence-electron chi connectivity index (χ0n) is 19.6. The minimum Gasteiger partial charge on any atom is -0.493 e. The lowest BCUT2D eigenvalue weighted by Crippen LogP contribution is -2.48. The van der Waals surface area contributed by atoms with E-state index in [1.165, 1.54) is 38.7 Å². The minimum absolute atomic E-state index is 0.0326. The first-order valence-electron chi connectivity index (χ1n) is 10.9. The number of hydrazine groups is 1. The van der Waals surface area contributed by atoms with Crippen LogP contribution >= 0.6 is 0 Å². The molecule has 2 aliphatic rings. The highest BCUT2D eigenvalue weighted by Gasteiger charge is 2.42. The molecular weight excluding hydrogens is 450 g/mol. The standard InChI is InChI=1S/C25H25N5O5/c1-33-19-8-7-15(22(34-2)23(19)35-3)20-16(13-26)24(27)30(17-5-4-6-18(31)21(17)20)29-25(32)14-9-11-28-12-10-14/h7-12,20H,4-6,27H2,1-3H3,(H,29,32). The van der Waals surface area contributed by atoms with Crippen LogP contribution in [0.4, 0.5) is 0 Å². The zero-order chi connectivity index (χ0) is 25.1. The summed E-state index contributed by atoms with van der Waals surface area (Å²) < 4.78 is 16.6. The van der Waals surface area contributed by atoms with Crippen LogP contribution in [0.25, 0.3) is 0 Å². The Morgan fingerprint density at radius 3 is 2.46 bits per heavy atom. The fraction of sp³-hybridized carbons (Fsp3) is 0.280. The van der Waals surface area contributed by atoms with Crippen LogP contribution in [0.15, 0.2) is 59.3 Å². The Morgan fingerprint density at radius 2 is 1.83 bits per heavy atom. The van der Waals surface area contributed by atoms with Gasteiger partial charge in [-0.15, -0.1) is 0 Å². The number of Topliss-reactive ketones (excluding diaryl/α,β-unsaturated/α-hetero) is 1. The second-order valence-corrected chi connectivity index (χ2v) is 7.92. The van der Waals surface area contributed by atoms with Crippen LogP contribution < -0.4 is 25.4 Å². The van der Waals surface area contributed by atoms with Crippen molar-refractivity contribution < 1.29 is 23.8 Å². The number of carbonyl (C=O) groups is 2. The Morgan fingerprint density at radius 1 is 1.11 bits per heavy atom. The molecule has 0 bridgehead atoms. The minimum atomic E-state index is -0.799. The van der Waals surface area contributed by atoms with Gasteiger partial charge in [-0.2, -0.15) is 5.26 Å². The number of nitrogens with one attached hydrogen (secondary N) is 1. The van der Waals surface area contributed by atoms with Gasteiger partial charge in [-0.3, -0.25) is 20.0 Å². The van der Waals surface area contributed by atoms with E-state index in [2.05, 4.69) is 16.5 Å². The van der Waals surface area contributed by atoms with Gasteiger partial charge in [-0.1, -0.05) is 6.07 Å². The predicted molar refractivity (Wildman–Crippen MR) is 125 cm³/mol. The summed E-state index contributed by atoms with van der Waals surface area (Å²) >= 11 is 0. The van der Waals surface area contributed by atoms with Gasteiger partial charge in [0.15, 0.2) is 17.3 Å². The highest BCUT2D eigenvalue weighted by molar-refractivity contribution is 6.00. The van der Waals surface area contributed by atoms with Crippen molar-refractivity contribution in [2.45, 2.75) is 25.2 Å². The van der Waals surface area contributed by atoms with Crippen molar-refractivity contribution in [3.63, 3.8) is 0 Å². The number of amides is 1. The van der Waals surface area contributed by atoms with E-state index in [0.717, 1.165) is 0 Å². The fourth-order valence-corrected chi connectivity index (χ4v) is 4.55. The number of ether oxygens (including phenoxy) is 3. The lowest BCUT2D eigenvalue weighted by atomic mass is 9.75. The van der Waals surface area contributed by atoms with Crippen molar-refractivity contribution in [3.8, 4) is 23.3 Å². The number of nitriles is 1. The van der Waals surface area contributed by atoms with Crippen molar-refractivity contribution in [1.29, 1.82) is 5.26 Å². The van der Waals surface area contributed by atoms with Gasteiger partial charge >= 0.3 is 0 Å². The maximum atomic E-state index is 13.3. The number of allylic oxidation sites excluding steroid dienone is 3. The number of nitrogens with two attached hydrogens (primary N) is 1. The van der Waals surface area contributed by atoms with E-state index >= 15 is 0 Å². The van der Waals surface area contributed by atoms with E-state index in [-0.39, 0.29) is 17.2 Å². The summed E-state index contributed by atoms with van der Waals surface area (Å²) in [6.45, 7) is 0. The highest BCUT2D eigenvalue weighted by atomic mass is 16.5. The molecule has 10 heteroatoms. The molecule has 1 unspecified atom stereocenters. The molecule has 1 aliphatic heterocycles. The maximum absolute atomic E-state index is 13.3. The van der Waals surface area contributed by atoms with Crippen molar-refractivity contribution in [2.24, 2.45) is 5.73 Å². The third-order valence-electron chi connectivity index (χ3n) is 6.11.